The smallest absolute Gasteiger partial charge is 0.335 e. The Bertz CT molecular complexity index is 1100. The third-order valence-corrected chi connectivity index (χ3v) is 8.55. The fourth-order valence-corrected chi connectivity index (χ4v) is 5.82. The number of ether oxygens (including phenoxy) is 7. The van der Waals surface area contributed by atoms with Gasteiger partial charge in [-0.1, -0.05) is 0 Å². The molecule has 1 amide bonds. The fraction of sp³-hybridized carbons (Fsp3) is 0.923. The minimum atomic E-state index is -2.13. The van der Waals surface area contributed by atoms with Crippen LogP contribution in [0.2, 0.25) is 0 Å². The van der Waals surface area contributed by atoms with E-state index in [-0.39, 0.29) is 0 Å². The highest BCUT2D eigenvalue weighted by molar-refractivity contribution is 5.73. The van der Waals surface area contributed by atoms with Crippen molar-refractivity contribution in [2.45, 2.75) is 130 Å². The lowest BCUT2D eigenvalue weighted by molar-refractivity contribution is -0.372. The van der Waals surface area contributed by atoms with Crippen molar-refractivity contribution >= 4 is 11.9 Å². The summed E-state index contributed by atoms with van der Waals surface area (Å²) in [5.74, 6) is -2.51. The van der Waals surface area contributed by atoms with Gasteiger partial charge >= 0.3 is 5.97 Å². The molecule has 0 radical (unpaired) electrons. The van der Waals surface area contributed by atoms with Crippen LogP contribution < -0.4 is 5.32 Å². The first kappa shape index (κ1) is 40.0. The Labute approximate surface area is 276 Å². The molecule has 0 aliphatic carbocycles. The number of carboxylic acid groups (broad SMARTS) is 1. The zero-order chi connectivity index (χ0) is 36.5. The Morgan fingerprint density at radius 3 is 1.69 bits per heavy atom. The predicted molar refractivity (Wildman–Crippen MR) is 146 cm³/mol. The number of aliphatic hydroxyl groups is 12. The number of aliphatic carboxylic acids is 1. The molecule has 49 heavy (non-hydrogen) atoms. The number of aliphatic hydroxyl groups excluding tert-OH is 12. The van der Waals surface area contributed by atoms with E-state index in [4.69, 9.17) is 33.2 Å². The monoisotopic (exact) mass is 721 g/mol. The predicted octanol–water partition coefficient (Wildman–Crippen LogP) is -9.51. The Morgan fingerprint density at radius 1 is 0.592 bits per heavy atom. The van der Waals surface area contributed by atoms with Crippen molar-refractivity contribution in [1.82, 2.24) is 5.32 Å². The van der Waals surface area contributed by atoms with E-state index < -0.39 is 154 Å². The molecule has 0 aromatic rings. The summed E-state index contributed by atoms with van der Waals surface area (Å²) in [6.45, 7) is -1.40. The SMILES string of the molecule is CC(=O)N[C@H]1C(O)O[C@H](CO[C@@H]2O[C@H](CO)[C@H](O)[C@H](O)[C@H]2O)[C@H](O)[C@@H]1O[C@@H]1O[C@H](CO)[C@H](O)[C@H](O[C@@H]2O[C@H](C(=O)O)[C@@H](O)[C@H](O)[C@H]2O)[C@H]1O. The zero-order valence-corrected chi connectivity index (χ0v) is 25.7. The Balaban J connectivity index is 1.53. The average Bonchev–Trinajstić information content (AvgIpc) is 3.05. The van der Waals surface area contributed by atoms with E-state index in [1.807, 2.05) is 0 Å². The summed E-state index contributed by atoms with van der Waals surface area (Å²) in [7, 11) is 0. The number of amides is 1. The molecule has 4 saturated heterocycles. The van der Waals surface area contributed by atoms with Crippen molar-refractivity contribution in [3.8, 4) is 0 Å². The minimum Gasteiger partial charge on any atom is -0.479 e. The lowest BCUT2D eigenvalue weighted by Gasteiger charge is -2.48. The van der Waals surface area contributed by atoms with E-state index in [1.54, 1.807) is 0 Å². The number of hydrogen-bond acceptors (Lipinski definition) is 21. The molecule has 23 nitrogen and oxygen atoms in total. The summed E-state index contributed by atoms with van der Waals surface area (Å²) in [6.07, 6.45) is -35.7. The van der Waals surface area contributed by atoms with E-state index in [9.17, 15) is 76.0 Å². The third kappa shape index (κ3) is 8.47. The average molecular weight is 722 g/mol. The molecule has 23 heteroatoms. The number of carbonyl (C=O) groups excluding carboxylic acids is 1. The van der Waals surface area contributed by atoms with Crippen LogP contribution in [0, 0.1) is 0 Å². The molecule has 0 aromatic carbocycles. The van der Waals surface area contributed by atoms with Gasteiger partial charge in [0.15, 0.2) is 31.3 Å². The summed E-state index contributed by atoms with van der Waals surface area (Å²) in [4.78, 5) is 23.5. The number of nitrogens with one attached hydrogen (secondary N) is 1. The van der Waals surface area contributed by atoms with Gasteiger partial charge in [-0.05, 0) is 0 Å². The molecule has 284 valence electrons. The van der Waals surface area contributed by atoms with Gasteiger partial charge in [0.05, 0.1) is 19.8 Å². The molecule has 4 heterocycles. The van der Waals surface area contributed by atoms with E-state index in [0.717, 1.165) is 6.92 Å². The molecule has 1 unspecified atom stereocenters. The summed E-state index contributed by atoms with van der Waals surface area (Å²) < 4.78 is 37.7. The maximum atomic E-state index is 12.0. The highest BCUT2D eigenvalue weighted by Gasteiger charge is 2.55. The van der Waals surface area contributed by atoms with Crippen molar-refractivity contribution in [3.63, 3.8) is 0 Å². The topological polar surface area (TPSA) is 374 Å². The van der Waals surface area contributed by atoms with Gasteiger partial charge in [-0.3, -0.25) is 4.79 Å². The van der Waals surface area contributed by atoms with Crippen LogP contribution >= 0.6 is 0 Å². The highest BCUT2D eigenvalue weighted by Crippen LogP contribution is 2.33. The maximum absolute atomic E-state index is 12.0. The molecule has 0 bridgehead atoms. The Hall–Kier alpha value is -1.82. The van der Waals surface area contributed by atoms with Gasteiger partial charge in [-0.15, -0.1) is 0 Å². The molecule has 4 aliphatic heterocycles. The number of hydrogen-bond donors (Lipinski definition) is 14. The molecular weight excluding hydrogens is 678 g/mol. The molecule has 4 aliphatic rings. The van der Waals surface area contributed by atoms with Crippen LogP contribution in [-0.4, -0.2) is 221 Å². The number of carboxylic acids is 1. The minimum absolute atomic E-state index is 0.721. The molecular formula is C26H43NO22. The molecule has 4 rings (SSSR count). The van der Waals surface area contributed by atoms with E-state index in [1.165, 1.54) is 0 Å². The zero-order valence-electron chi connectivity index (χ0n) is 25.7. The van der Waals surface area contributed by atoms with Crippen LogP contribution in [0.4, 0.5) is 0 Å². The first-order valence-electron chi connectivity index (χ1n) is 15.1. The van der Waals surface area contributed by atoms with Crippen LogP contribution in [0.15, 0.2) is 0 Å². The lowest BCUT2D eigenvalue weighted by Crippen LogP contribution is -2.69. The van der Waals surface area contributed by atoms with Gasteiger partial charge < -0.3 is 105 Å². The number of rotatable bonds is 11. The van der Waals surface area contributed by atoms with Crippen molar-refractivity contribution in [2.75, 3.05) is 19.8 Å². The second-order valence-electron chi connectivity index (χ2n) is 12.0. The Kier molecular flexibility index (Phi) is 13.6. The first-order valence-corrected chi connectivity index (χ1v) is 15.1. The van der Waals surface area contributed by atoms with Crippen LogP contribution in [0.1, 0.15) is 6.92 Å². The third-order valence-electron chi connectivity index (χ3n) is 8.55. The molecule has 0 aromatic heterocycles. The summed E-state index contributed by atoms with van der Waals surface area (Å²) >= 11 is 0. The second kappa shape index (κ2) is 16.7. The van der Waals surface area contributed by atoms with Crippen LogP contribution in [0.5, 0.6) is 0 Å². The highest BCUT2D eigenvalue weighted by atomic mass is 16.8. The summed E-state index contributed by atoms with van der Waals surface area (Å²) in [5, 5.41) is 136. The van der Waals surface area contributed by atoms with E-state index >= 15 is 0 Å². The lowest BCUT2D eigenvalue weighted by atomic mass is 9.95. The van der Waals surface area contributed by atoms with Gasteiger partial charge in [0, 0.05) is 6.92 Å². The van der Waals surface area contributed by atoms with Crippen molar-refractivity contribution in [3.05, 3.63) is 0 Å². The van der Waals surface area contributed by atoms with Crippen LogP contribution in [0.3, 0.4) is 0 Å². The van der Waals surface area contributed by atoms with Crippen molar-refractivity contribution in [1.29, 1.82) is 0 Å². The van der Waals surface area contributed by atoms with Gasteiger partial charge in [0.2, 0.25) is 5.91 Å². The number of carbonyl (C=O) groups is 2. The molecule has 4 fully saturated rings. The standard InChI is InChI=1S/C26H43NO22/c1-5(30)27-9-19(12(33)8(44-23(9)42)4-43-24-16(37)13(34)10(31)6(2-28)45-24)47-26-18(39)20(11(32)7(3-29)46-26)48-25-17(38)14(35)15(36)21(49-25)22(40)41/h6-21,23-26,28-29,31-39,42H,2-4H2,1H3,(H,27,30)(H,40,41)/t6-,7-,8-,9-,10+,11+,12+,13+,14+,15+,16-,17-,18-,19-,20+,21+,23?,24-,25-,26+/m1/s1. The molecule has 0 spiro atoms. The molecule has 20 atom stereocenters. The van der Waals surface area contributed by atoms with Gasteiger partial charge in [-0.25, -0.2) is 4.79 Å². The van der Waals surface area contributed by atoms with Crippen LogP contribution in [0.25, 0.3) is 0 Å². The van der Waals surface area contributed by atoms with Gasteiger partial charge in [0.25, 0.3) is 0 Å². The molecule has 0 saturated carbocycles. The van der Waals surface area contributed by atoms with E-state index in [0.29, 0.717) is 0 Å². The normalized spacial score (nSPS) is 49.3. The van der Waals surface area contributed by atoms with Crippen LogP contribution in [-0.2, 0) is 42.7 Å². The fourth-order valence-electron chi connectivity index (χ4n) is 5.82. The largest absolute Gasteiger partial charge is 0.479 e. The quantitative estimate of drug-likeness (QED) is 0.0941. The second-order valence-corrected chi connectivity index (χ2v) is 12.0. The van der Waals surface area contributed by atoms with E-state index in [2.05, 4.69) is 5.32 Å². The first-order chi connectivity index (χ1) is 23.0. The Morgan fingerprint density at radius 2 is 1.10 bits per heavy atom. The summed E-state index contributed by atoms with van der Waals surface area (Å²) in [5.41, 5.74) is 0. The van der Waals surface area contributed by atoms with Crippen molar-refractivity contribution in [2.24, 2.45) is 0 Å². The maximum Gasteiger partial charge on any atom is 0.335 e. The van der Waals surface area contributed by atoms with Crippen molar-refractivity contribution < 1.29 is 109 Å². The van der Waals surface area contributed by atoms with Gasteiger partial charge in [-0.2, -0.15) is 0 Å². The summed E-state index contributed by atoms with van der Waals surface area (Å²) in [6, 6.07) is -1.60. The molecule has 14 N–H and O–H groups in total. The van der Waals surface area contributed by atoms with Gasteiger partial charge in [0.1, 0.15) is 91.5 Å².